The van der Waals surface area contributed by atoms with Crippen molar-refractivity contribution in [3.05, 3.63) is 52.3 Å². The second kappa shape index (κ2) is 8.83. The first-order chi connectivity index (χ1) is 14.2. The fraction of sp³-hybridized carbons (Fsp3) is 0.435. The molecule has 30 heavy (non-hydrogen) atoms. The van der Waals surface area contributed by atoms with Crippen LogP contribution in [0.5, 0.6) is 0 Å². The second-order valence-corrected chi connectivity index (χ2v) is 8.14. The van der Waals surface area contributed by atoms with Gasteiger partial charge in [0.15, 0.2) is 0 Å². The van der Waals surface area contributed by atoms with E-state index in [-0.39, 0.29) is 17.6 Å². The van der Waals surface area contributed by atoms with Crippen molar-refractivity contribution < 1.29 is 19.5 Å². The number of amides is 2. The van der Waals surface area contributed by atoms with Gasteiger partial charge in [0, 0.05) is 24.5 Å². The fourth-order valence-electron chi connectivity index (χ4n) is 4.20. The molecule has 1 aliphatic rings. The van der Waals surface area contributed by atoms with Crippen molar-refractivity contribution in [3.8, 4) is 0 Å². The number of carbonyl (C=O) groups excluding carboxylic acids is 3. The highest BCUT2D eigenvalue weighted by molar-refractivity contribution is 6.43. The Bertz CT molecular complexity index is 993. The largest absolute Gasteiger partial charge is 0.393 e. The van der Waals surface area contributed by atoms with Gasteiger partial charge >= 0.3 is 0 Å². The van der Waals surface area contributed by atoms with Gasteiger partial charge in [-0.15, -0.1) is 0 Å². The topological polar surface area (TPSA) is 100 Å². The number of benzene rings is 1. The lowest BCUT2D eigenvalue weighted by atomic mass is 9.93. The summed E-state index contributed by atoms with van der Waals surface area (Å²) in [6, 6.07) is 7.25. The molecule has 0 saturated heterocycles. The van der Waals surface area contributed by atoms with Gasteiger partial charge in [0.1, 0.15) is 0 Å². The molecule has 1 heterocycles. The molecule has 2 aromatic rings. The molecule has 1 aromatic carbocycles. The number of hydrogen-bond donors (Lipinski definition) is 3. The Labute approximate surface area is 176 Å². The molecule has 0 radical (unpaired) electrons. The Hall–Kier alpha value is -2.93. The number of aliphatic hydroxyl groups excluding tert-OH is 1. The molecule has 3 N–H and O–H groups in total. The van der Waals surface area contributed by atoms with E-state index in [1.54, 1.807) is 31.5 Å². The number of nitrogens with zero attached hydrogens (tertiary/aromatic N) is 1. The van der Waals surface area contributed by atoms with E-state index in [0.717, 1.165) is 24.8 Å². The highest BCUT2D eigenvalue weighted by Gasteiger charge is 2.30. The van der Waals surface area contributed by atoms with E-state index in [2.05, 4.69) is 10.6 Å². The zero-order valence-electron chi connectivity index (χ0n) is 17.9. The third-order valence-electron chi connectivity index (χ3n) is 5.84. The van der Waals surface area contributed by atoms with Gasteiger partial charge < -0.3 is 20.3 Å². The second-order valence-electron chi connectivity index (χ2n) is 8.14. The van der Waals surface area contributed by atoms with Crippen molar-refractivity contribution in [2.24, 2.45) is 7.05 Å². The van der Waals surface area contributed by atoms with Crippen LogP contribution >= 0.6 is 0 Å². The summed E-state index contributed by atoms with van der Waals surface area (Å²) < 4.78 is 1.60. The van der Waals surface area contributed by atoms with Crippen molar-refractivity contribution in [2.75, 3.05) is 5.32 Å². The van der Waals surface area contributed by atoms with E-state index < -0.39 is 17.8 Å². The number of hydrogen-bond acceptors (Lipinski definition) is 4. The van der Waals surface area contributed by atoms with Gasteiger partial charge in [-0.2, -0.15) is 0 Å². The summed E-state index contributed by atoms with van der Waals surface area (Å²) >= 11 is 0. The molecule has 1 aromatic heterocycles. The number of anilines is 1. The molecule has 0 spiro atoms. The Kier molecular flexibility index (Phi) is 6.41. The number of carbonyl (C=O) groups is 3. The van der Waals surface area contributed by atoms with Gasteiger partial charge in [-0.3, -0.25) is 14.4 Å². The smallest absolute Gasteiger partial charge is 0.294 e. The average molecular weight is 412 g/mol. The molecule has 1 fully saturated rings. The number of aliphatic hydroxyl groups is 1. The van der Waals surface area contributed by atoms with E-state index in [0.29, 0.717) is 28.9 Å². The number of nitrogens with one attached hydrogen (secondary N) is 2. The standard InChI is InChI=1S/C23H29N3O4/c1-13-7-5-8-16(11-13)24-22(29)19-14(2)20(26(4)15(19)3)21(28)23(30)25-17-9-6-10-18(27)12-17/h5,7-8,11,17-18,27H,6,9-10,12H2,1-4H3,(H,24,29)(H,25,30)/t17-,18-/m1/s1. The zero-order valence-corrected chi connectivity index (χ0v) is 17.9. The maximum atomic E-state index is 12.9. The molecule has 7 heteroatoms. The van der Waals surface area contributed by atoms with E-state index in [9.17, 15) is 19.5 Å². The van der Waals surface area contributed by atoms with Crippen molar-refractivity contribution in [1.29, 1.82) is 0 Å². The van der Waals surface area contributed by atoms with E-state index in [1.165, 1.54) is 0 Å². The summed E-state index contributed by atoms with van der Waals surface area (Å²) in [5.41, 5.74) is 3.38. The summed E-state index contributed by atoms with van der Waals surface area (Å²) in [6.07, 6.45) is 2.27. The number of ketones is 1. The van der Waals surface area contributed by atoms with Crippen molar-refractivity contribution in [1.82, 2.24) is 9.88 Å². The lowest BCUT2D eigenvalue weighted by molar-refractivity contribution is -0.118. The molecule has 0 bridgehead atoms. The summed E-state index contributed by atoms with van der Waals surface area (Å²) in [6.45, 7) is 5.38. The summed E-state index contributed by atoms with van der Waals surface area (Å²) in [4.78, 5) is 38.4. The van der Waals surface area contributed by atoms with Gasteiger partial charge in [0.25, 0.3) is 17.6 Å². The van der Waals surface area contributed by atoms with Crippen molar-refractivity contribution in [2.45, 2.75) is 58.6 Å². The highest BCUT2D eigenvalue weighted by atomic mass is 16.3. The van der Waals surface area contributed by atoms with Crippen LogP contribution in [0.3, 0.4) is 0 Å². The molecular weight excluding hydrogens is 382 g/mol. The van der Waals surface area contributed by atoms with Gasteiger partial charge in [0.05, 0.1) is 17.4 Å². The van der Waals surface area contributed by atoms with Crippen LogP contribution in [0.4, 0.5) is 5.69 Å². The third kappa shape index (κ3) is 4.46. The normalized spacial score (nSPS) is 18.7. The Morgan fingerprint density at radius 1 is 1.13 bits per heavy atom. The first kappa shape index (κ1) is 21.8. The number of aromatic nitrogens is 1. The molecular formula is C23H29N3O4. The predicted molar refractivity (Wildman–Crippen MR) is 115 cm³/mol. The van der Waals surface area contributed by atoms with Crippen LogP contribution in [0.25, 0.3) is 0 Å². The monoisotopic (exact) mass is 411 g/mol. The third-order valence-corrected chi connectivity index (χ3v) is 5.84. The van der Waals surface area contributed by atoms with Crippen molar-refractivity contribution >= 4 is 23.3 Å². The Morgan fingerprint density at radius 2 is 1.87 bits per heavy atom. The number of rotatable bonds is 5. The molecule has 1 saturated carbocycles. The minimum absolute atomic E-state index is 0.204. The van der Waals surface area contributed by atoms with Crippen LogP contribution in [0.1, 0.15) is 63.4 Å². The average Bonchev–Trinajstić information content (AvgIpc) is 2.90. The Morgan fingerprint density at radius 3 is 2.53 bits per heavy atom. The molecule has 0 unspecified atom stereocenters. The molecule has 160 valence electrons. The maximum absolute atomic E-state index is 12.9. The number of Topliss-reactive ketones (excluding diaryl/α,β-unsaturated/α-hetero) is 1. The maximum Gasteiger partial charge on any atom is 0.294 e. The Balaban J connectivity index is 1.81. The summed E-state index contributed by atoms with van der Waals surface area (Å²) in [7, 11) is 1.68. The first-order valence-corrected chi connectivity index (χ1v) is 10.3. The van der Waals surface area contributed by atoms with Gasteiger partial charge in [-0.25, -0.2) is 0 Å². The SMILES string of the molecule is Cc1cccc(NC(=O)c2c(C)c(C(=O)C(=O)N[C@@H]3CCC[C@@H](O)C3)n(C)c2C)c1. The van der Waals surface area contributed by atoms with E-state index in [4.69, 9.17) is 0 Å². The molecule has 1 aliphatic carbocycles. The van der Waals surface area contributed by atoms with Crippen molar-refractivity contribution in [3.63, 3.8) is 0 Å². The molecule has 7 nitrogen and oxygen atoms in total. The van der Waals surface area contributed by atoms with E-state index >= 15 is 0 Å². The predicted octanol–water partition coefficient (Wildman–Crippen LogP) is 2.81. The van der Waals surface area contributed by atoms with Gasteiger partial charge in [0.2, 0.25) is 0 Å². The van der Waals surface area contributed by atoms with Gasteiger partial charge in [-0.05, 0) is 69.7 Å². The lowest BCUT2D eigenvalue weighted by Crippen LogP contribution is -2.43. The summed E-state index contributed by atoms with van der Waals surface area (Å²) in [5.74, 6) is -1.70. The zero-order chi connectivity index (χ0) is 22.0. The molecule has 3 rings (SSSR count). The minimum atomic E-state index is -0.705. The number of aryl methyl sites for hydroxylation is 1. The van der Waals surface area contributed by atoms with Crippen LogP contribution < -0.4 is 10.6 Å². The van der Waals surface area contributed by atoms with Crippen LogP contribution in [0.15, 0.2) is 24.3 Å². The molecule has 0 aliphatic heterocycles. The van der Waals surface area contributed by atoms with Crippen LogP contribution in [0.2, 0.25) is 0 Å². The quantitative estimate of drug-likeness (QED) is 0.520. The molecule has 2 amide bonds. The minimum Gasteiger partial charge on any atom is -0.393 e. The van der Waals surface area contributed by atoms with Crippen LogP contribution in [0, 0.1) is 20.8 Å². The first-order valence-electron chi connectivity index (χ1n) is 10.3. The van der Waals surface area contributed by atoms with Crippen LogP contribution in [-0.4, -0.2) is 39.4 Å². The lowest BCUT2D eigenvalue weighted by Gasteiger charge is -2.26. The summed E-state index contributed by atoms with van der Waals surface area (Å²) in [5, 5.41) is 15.4. The molecule has 2 atom stereocenters. The van der Waals surface area contributed by atoms with E-state index in [1.807, 2.05) is 25.1 Å². The fourth-order valence-corrected chi connectivity index (χ4v) is 4.20. The van der Waals surface area contributed by atoms with Gasteiger partial charge in [-0.1, -0.05) is 12.1 Å². The highest BCUT2D eigenvalue weighted by Crippen LogP contribution is 2.24. The van der Waals surface area contributed by atoms with Crippen LogP contribution in [-0.2, 0) is 11.8 Å².